The number of halogens is 5. The number of carbonyl (C=O) groups is 1. The summed E-state index contributed by atoms with van der Waals surface area (Å²) in [5, 5.41) is 8.24. The van der Waals surface area contributed by atoms with Crippen molar-refractivity contribution < 1.29 is 22.8 Å². The van der Waals surface area contributed by atoms with Crippen molar-refractivity contribution in [3.8, 4) is 17.1 Å². The van der Waals surface area contributed by atoms with Gasteiger partial charge in [0.2, 0.25) is 0 Å². The molecule has 3 aromatic carbocycles. The lowest BCUT2D eigenvalue weighted by Gasteiger charge is -2.13. The number of aromatic nitrogens is 2. The first-order chi connectivity index (χ1) is 22.1. The minimum atomic E-state index is -4.41. The quantitative estimate of drug-likeness (QED) is 0.0752. The summed E-state index contributed by atoms with van der Waals surface area (Å²) in [6.45, 7) is 2.91. The van der Waals surface area contributed by atoms with Gasteiger partial charge in [-0.15, -0.1) is 0 Å². The third-order valence-corrected chi connectivity index (χ3v) is 7.86. The molecule has 0 saturated carbocycles. The highest BCUT2D eigenvalue weighted by Gasteiger charge is 2.30. The molecule has 0 aliphatic carbocycles. The number of oxime groups is 1. The Labute approximate surface area is 276 Å². The van der Waals surface area contributed by atoms with E-state index in [0.717, 1.165) is 49.2 Å². The van der Waals surface area contributed by atoms with E-state index in [0.29, 0.717) is 57.8 Å². The number of nitrogens with zero attached hydrogens (tertiary/aromatic N) is 3. The van der Waals surface area contributed by atoms with Crippen LogP contribution in [0.2, 0.25) is 10.0 Å². The van der Waals surface area contributed by atoms with Gasteiger partial charge in [0.25, 0.3) is 5.91 Å². The number of rotatable bonds is 15. The van der Waals surface area contributed by atoms with Gasteiger partial charge in [0.05, 0.1) is 22.0 Å². The van der Waals surface area contributed by atoms with Crippen molar-refractivity contribution in [3.63, 3.8) is 0 Å². The predicted octanol–water partition coefficient (Wildman–Crippen LogP) is 8.49. The monoisotopic (exact) mass is 673 g/mol. The molecule has 0 aliphatic heterocycles. The molecule has 0 spiro atoms. The third kappa shape index (κ3) is 9.11. The van der Waals surface area contributed by atoms with Gasteiger partial charge in [0.15, 0.2) is 0 Å². The van der Waals surface area contributed by atoms with Crippen LogP contribution < -0.4 is 11.1 Å². The number of alkyl halides is 3. The fraction of sp³-hybridized carbons (Fsp3) is 0.324. The normalized spacial score (nSPS) is 11.9. The predicted molar refractivity (Wildman–Crippen MR) is 177 cm³/mol. The Bertz CT molecular complexity index is 1620. The van der Waals surface area contributed by atoms with Crippen molar-refractivity contribution in [2.24, 2.45) is 10.9 Å². The largest absolute Gasteiger partial charge is 0.416 e. The van der Waals surface area contributed by atoms with Gasteiger partial charge in [-0.05, 0) is 79.8 Å². The highest BCUT2D eigenvalue weighted by Crippen LogP contribution is 2.32. The van der Waals surface area contributed by atoms with E-state index in [2.05, 4.69) is 10.5 Å². The van der Waals surface area contributed by atoms with Gasteiger partial charge in [0.1, 0.15) is 18.1 Å². The summed E-state index contributed by atoms with van der Waals surface area (Å²) >= 11 is 12.7. The van der Waals surface area contributed by atoms with Crippen molar-refractivity contribution in [2.45, 2.75) is 51.6 Å². The minimum Gasteiger partial charge on any atom is -0.394 e. The Morgan fingerprint density at radius 1 is 0.978 bits per heavy atom. The molecule has 0 radical (unpaired) electrons. The molecule has 0 aliphatic rings. The maximum atomic E-state index is 13.4. The molecule has 7 nitrogen and oxygen atoms in total. The highest BCUT2D eigenvalue weighted by atomic mass is 35.5. The van der Waals surface area contributed by atoms with Crippen LogP contribution in [0.3, 0.4) is 0 Å². The van der Waals surface area contributed by atoms with Crippen molar-refractivity contribution in [3.05, 3.63) is 105 Å². The molecular weight excluding hydrogens is 638 g/mol. The highest BCUT2D eigenvalue weighted by molar-refractivity contribution is 6.33. The van der Waals surface area contributed by atoms with Crippen LogP contribution in [0, 0.1) is 0 Å². The van der Waals surface area contributed by atoms with E-state index in [1.54, 1.807) is 18.2 Å². The lowest BCUT2D eigenvalue weighted by molar-refractivity contribution is -0.137. The molecule has 0 atom stereocenters. The number of hydrogen-bond acceptors (Lipinski definition) is 5. The lowest BCUT2D eigenvalue weighted by atomic mass is 10.0. The molecule has 244 valence electrons. The molecule has 1 heterocycles. The number of hydrogen-bond donors (Lipinski definition) is 2. The van der Waals surface area contributed by atoms with Crippen molar-refractivity contribution in [2.75, 3.05) is 19.7 Å². The van der Waals surface area contributed by atoms with E-state index in [9.17, 15) is 18.0 Å². The van der Waals surface area contributed by atoms with Crippen molar-refractivity contribution in [1.82, 2.24) is 14.9 Å². The van der Waals surface area contributed by atoms with Crippen LogP contribution in [0.25, 0.3) is 17.1 Å². The number of nitrogens with one attached hydrogen (secondary N) is 1. The van der Waals surface area contributed by atoms with Crippen molar-refractivity contribution >= 4 is 34.8 Å². The van der Waals surface area contributed by atoms with Crippen LogP contribution in [-0.2, 0) is 17.4 Å². The van der Waals surface area contributed by atoms with Gasteiger partial charge in [-0.3, -0.25) is 9.36 Å². The smallest absolute Gasteiger partial charge is 0.394 e. The summed E-state index contributed by atoms with van der Waals surface area (Å²) < 4.78 is 40.9. The van der Waals surface area contributed by atoms with E-state index < -0.39 is 11.7 Å². The molecular formula is C34H36Cl2F3N5O2. The minimum absolute atomic E-state index is 0.210. The molecule has 0 unspecified atom stereocenters. The number of carbonyl (C=O) groups excluding carboxylic acids is 1. The Morgan fingerprint density at radius 2 is 1.67 bits per heavy atom. The van der Waals surface area contributed by atoms with E-state index in [1.165, 1.54) is 12.1 Å². The van der Waals surface area contributed by atoms with Gasteiger partial charge >= 0.3 is 6.18 Å². The van der Waals surface area contributed by atoms with Gasteiger partial charge in [-0.25, -0.2) is 4.98 Å². The molecule has 4 rings (SSSR count). The first kappa shape index (κ1) is 35.0. The van der Waals surface area contributed by atoms with E-state index in [1.807, 2.05) is 41.8 Å². The first-order valence-corrected chi connectivity index (χ1v) is 15.9. The SMILES string of the molecule is CCc1c(C(=O)NCCCCCCC(=NOCCN)c2ccc(C(F)(F)F)cc2)nc(-c2ccccc2Cl)n1-c1ccc(Cl)cc1. The van der Waals surface area contributed by atoms with E-state index in [4.69, 9.17) is 38.8 Å². The van der Waals surface area contributed by atoms with Gasteiger partial charge in [-0.2, -0.15) is 13.2 Å². The zero-order valence-electron chi connectivity index (χ0n) is 25.4. The standard InChI is InChI=1S/C34H36Cl2F3N5O2/c1-2-30-31(42-32(27-9-6-7-10-28(27)36)44(30)26-18-16-25(35)17-19-26)33(45)41-21-8-4-3-5-11-29(43-46-22-20-40)23-12-14-24(15-13-23)34(37,38)39/h6-7,9-10,12-19H,2-5,8,11,20-22,40H2,1H3,(H,41,45). The summed E-state index contributed by atoms with van der Waals surface area (Å²) in [7, 11) is 0. The Morgan fingerprint density at radius 3 is 2.33 bits per heavy atom. The molecule has 1 amide bonds. The summed E-state index contributed by atoms with van der Waals surface area (Å²) in [6.07, 6.45) is -0.196. The molecule has 4 aromatic rings. The number of amides is 1. The zero-order valence-corrected chi connectivity index (χ0v) is 26.9. The second kappa shape index (κ2) is 16.6. The van der Waals surface area contributed by atoms with Crippen LogP contribution in [0.1, 0.15) is 66.3 Å². The third-order valence-electron chi connectivity index (χ3n) is 7.28. The number of imidazole rings is 1. The molecule has 1 aromatic heterocycles. The number of unbranched alkanes of at least 4 members (excludes halogenated alkanes) is 3. The molecule has 0 saturated heterocycles. The second-order valence-corrected chi connectivity index (χ2v) is 11.4. The Hall–Kier alpha value is -3.86. The van der Waals surface area contributed by atoms with Crippen LogP contribution in [0.15, 0.2) is 78.0 Å². The fourth-order valence-electron chi connectivity index (χ4n) is 4.98. The second-order valence-electron chi connectivity index (χ2n) is 10.5. The maximum Gasteiger partial charge on any atom is 0.416 e. The van der Waals surface area contributed by atoms with Crippen LogP contribution >= 0.6 is 23.2 Å². The number of benzene rings is 3. The van der Waals surface area contributed by atoms with Crippen molar-refractivity contribution in [1.29, 1.82) is 0 Å². The van der Waals surface area contributed by atoms with Gasteiger partial charge in [-0.1, -0.05) is 72.4 Å². The van der Waals surface area contributed by atoms with Gasteiger partial charge in [0, 0.05) is 29.4 Å². The summed E-state index contributed by atoms with van der Waals surface area (Å²) in [4.78, 5) is 23.4. The van der Waals surface area contributed by atoms with Gasteiger partial charge < -0.3 is 15.9 Å². The molecule has 0 bridgehead atoms. The lowest BCUT2D eigenvalue weighted by Crippen LogP contribution is -2.26. The maximum absolute atomic E-state index is 13.4. The molecule has 46 heavy (non-hydrogen) atoms. The molecule has 0 fully saturated rings. The number of nitrogens with two attached hydrogens (primary N) is 1. The first-order valence-electron chi connectivity index (χ1n) is 15.1. The van der Waals surface area contributed by atoms with E-state index >= 15 is 0 Å². The fourth-order valence-corrected chi connectivity index (χ4v) is 5.33. The van der Waals surface area contributed by atoms with Crippen LogP contribution in [0.4, 0.5) is 13.2 Å². The summed E-state index contributed by atoms with van der Waals surface area (Å²) in [6, 6.07) is 19.6. The molecule has 12 heteroatoms. The summed E-state index contributed by atoms with van der Waals surface area (Å²) in [5.41, 5.74) is 8.50. The average Bonchev–Trinajstić information content (AvgIpc) is 3.43. The zero-order chi connectivity index (χ0) is 33.1. The van der Waals surface area contributed by atoms with Crippen LogP contribution in [0.5, 0.6) is 0 Å². The topological polar surface area (TPSA) is 94.5 Å². The Balaban J connectivity index is 1.37. The average molecular weight is 675 g/mol. The van der Waals surface area contributed by atoms with E-state index in [-0.39, 0.29) is 19.1 Å². The molecule has 3 N–H and O–H groups in total. The van der Waals surface area contributed by atoms with Crippen LogP contribution in [-0.4, -0.2) is 40.9 Å². The summed E-state index contributed by atoms with van der Waals surface area (Å²) in [5.74, 6) is 0.294. The Kier molecular flexibility index (Phi) is 12.7.